The first kappa shape index (κ1) is 11.4. The van der Waals surface area contributed by atoms with Gasteiger partial charge in [-0.1, -0.05) is 0 Å². The highest BCUT2D eigenvalue weighted by atomic mass is 19.1. The van der Waals surface area contributed by atoms with E-state index in [0.717, 1.165) is 0 Å². The highest BCUT2D eigenvalue weighted by Gasteiger charge is 2.33. The van der Waals surface area contributed by atoms with E-state index < -0.39 is 23.1 Å². The number of hydrogen-bond acceptors (Lipinski definition) is 2. The molecule has 0 amide bonds. The van der Waals surface area contributed by atoms with Crippen molar-refractivity contribution in [1.82, 2.24) is 5.32 Å². The van der Waals surface area contributed by atoms with Crippen molar-refractivity contribution < 1.29 is 18.3 Å². The molecule has 1 saturated heterocycles. The van der Waals surface area contributed by atoms with Crippen LogP contribution in [0.4, 0.5) is 13.2 Å². The minimum absolute atomic E-state index is 0.141. The molecule has 0 spiro atoms. The summed E-state index contributed by atoms with van der Waals surface area (Å²) in [6.07, 6.45) is 0.293. The summed E-state index contributed by atoms with van der Waals surface area (Å²) in [6.45, 7) is 0.907. The Labute approximate surface area is 91.1 Å². The first-order valence-corrected chi connectivity index (χ1v) is 5.07. The summed E-state index contributed by atoms with van der Waals surface area (Å²) in [7, 11) is 0. The standard InChI is InChI=1S/C11H12F3NO/c12-7-3-9(13)8(10(14)4-7)5-11(16)1-2-15-6-11/h3-4,15-16H,1-2,5-6H2. The van der Waals surface area contributed by atoms with Crippen LogP contribution in [0.15, 0.2) is 12.1 Å². The molecule has 0 bridgehead atoms. The van der Waals surface area contributed by atoms with Crippen LogP contribution in [-0.2, 0) is 6.42 Å². The Bertz CT molecular complexity index is 379. The largest absolute Gasteiger partial charge is 0.388 e. The second-order valence-corrected chi connectivity index (χ2v) is 4.18. The Kier molecular flexibility index (Phi) is 2.90. The van der Waals surface area contributed by atoms with Gasteiger partial charge in [0, 0.05) is 30.7 Å². The van der Waals surface area contributed by atoms with Gasteiger partial charge in [0.25, 0.3) is 0 Å². The molecule has 88 valence electrons. The van der Waals surface area contributed by atoms with Gasteiger partial charge in [-0.25, -0.2) is 13.2 Å². The molecule has 0 saturated carbocycles. The SMILES string of the molecule is OC1(Cc2c(F)cc(F)cc2F)CCNC1. The van der Waals surface area contributed by atoms with Crippen LogP contribution in [0.3, 0.4) is 0 Å². The number of benzene rings is 1. The summed E-state index contributed by atoms with van der Waals surface area (Å²) < 4.78 is 39.3. The second kappa shape index (κ2) is 4.07. The number of hydrogen-bond donors (Lipinski definition) is 2. The minimum atomic E-state index is -1.14. The number of halogens is 3. The Morgan fingerprint density at radius 2 is 1.88 bits per heavy atom. The van der Waals surface area contributed by atoms with Crippen LogP contribution in [0, 0.1) is 17.5 Å². The van der Waals surface area contributed by atoms with Crippen molar-refractivity contribution in [1.29, 1.82) is 0 Å². The van der Waals surface area contributed by atoms with Crippen LogP contribution < -0.4 is 5.32 Å². The van der Waals surface area contributed by atoms with Gasteiger partial charge in [0.1, 0.15) is 17.5 Å². The molecule has 0 aromatic heterocycles. The molecule has 1 aromatic rings. The van der Waals surface area contributed by atoms with E-state index in [2.05, 4.69) is 5.32 Å². The minimum Gasteiger partial charge on any atom is -0.388 e. The average Bonchev–Trinajstić information content (AvgIpc) is 2.59. The lowest BCUT2D eigenvalue weighted by Crippen LogP contribution is -2.34. The molecule has 16 heavy (non-hydrogen) atoms. The molecule has 1 aromatic carbocycles. The van der Waals surface area contributed by atoms with Crippen LogP contribution in [0.5, 0.6) is 0 Å². The molecule has 5 heteroatoms. The van der Waals surface area contributed by atoms with Gasteiger partial charge < -0.3 is 10.4 Å². The highest BCUT2D eigenvalue weighted by molar-refractivity contribution is 5.23. The lowest BCUT2D eigenvalue weighted by molar-refractivity contribution is 0.0599. The van der Waals surface area contributed by atoms with Gasteiger partial charge in [0.05, 0.1) is 5.60 Å². The molecule has 1 aliphatic heterocycles. The highest BCUT2D eigenvalue weighted by Crippen LogP contribution is 2.24. The summed E-state index contributed by atoms with van der Waals surface area (Å²) in [5.74, 6) is -2.84. The molecule has 1 fully saturated rings. The summed E-state index contributed by atoms with van der Waals surface area (Å²) in [5, 5.41) is 12.9. The van der Waals surface area contributed by atoms with E-state index in [1.54, 1.807) is 0 Å². The molecule has 0 radical (unpaired) electrons. The lowest BCUT2D eigenvalue weighted by Gasteiger charge is -2.21. The maximum atomic E-state index is 13.3. The fourth-order valence-electron chi connectivity index (χ4n) is 1.95. The van der Waals surface area contributed by atoms with E-state index in [-0.39, 0.29) is 12.0 Å². The molecule has 0 aliphatic carbocycles. The lowest BCUT2D eigenvalue weighted by atomic mass is 9.93. The van der Waals surface area contributed by atoms with Gasteiger partial charge >= 0.3 is 0 Å². The predicted molar refractivity (Wildman–Crippen MR) is 52.5 cm³/mol. The van der Waals surface area contributed by atoms with Crippen molar-refractivity contribution >= 4 is 0 Å². The van der Waals surface area contributed by atoms with Gasteiger partial charge in [0.2, 0.25) is 0 Å². The normalized spacial score (nSPS) is 25.0. The van der Waals surface area contributed by atoms with Crippen molar-refractivity contribution in [3.63, 3.8) is 0 Å². The molecular formula is C11H12F3NO. The van der Waals surface area contributed by atoms with Gasteiger partial charge in [0.15, 0.2) is 0 Å². The molecular weight excluding hydrogens is 219 g/mol. The van der Waals surface area contributed by atoms with E-state index >= 15 is 0 Å². The average molecular weight is 231 g/mol. The van der Waals surface area contributed by atoms with Crippen LogP contribution in [0.25, 0.3) is 0 Å². The van der Waals surface area contributed by atoms with Gasteiger partial charge in [-0.05, 0) is 13.0 Å². The number of nitrogens with one attached hydrogen (secondary N) is 1. The molecule has 2 N–H and O–H groups in total. The van der Waals surface area contributed by atoms with E-state index in [4.69, 9.17) is 0 Å². The Balaban J connectivity index is 2.27. The van der Waals surface area contributed by atoms with Gasteiger partial charge in [-0.3, -0.25) is 0 Å². The zero-order chi connectivity index (χ0) is 11.8. The fourth-order valence-corrected chi connectivity index (χ4v) is 1.95. The van der Waals surface area contributed by atoms with Crippen molar-refractivity contribution in [2.24, 2.45) is 0 Å². The smallest absolute Gasteiger partial charge is 0.132 e. The maximum absolute atomic E-state index is 13.3. The maximum Gasteiger partial charge on any atom is 0.132 e. The summed E-state index contributed by atoms with van der Waals surface area (Å²) in [6, 6.07) is 1.26. The molecule has 1 unspecified atom stereocenters. The van der Waals surface area contributed by atoms with Crippen molar-refractivity contribution in [2.75, 3.05) is 13.1 Å². The summed E-state index contributed by atoms with van der Waals surface area (Å²) in [5.41, 5.74) is -1.40. The zero-order valence-corrected chi connectivity index (χ0v) is 8.56. The zero-order valence-electron chi connectivity index (χ0n) is 8.56. The van der Waals surface area contributed by atoms with E-state index in [0.29, 0.717) is 31.6 Å². The third-order valence-electron chi connectivity index (χ3n) is 2.83. The van der Waals surface area contributed by atoms with Crippen molar-refractivity contribution in [3.8, 4) is 0 Å². The third kappa shape index (κ3) is 2.20. The quantitative estimate of drug-likeness (QED) is 0.805. The number of β-amino-alcohol motifs (C(OH)–C–C–N with tert-alkyl or cyclic N) is 1. The second-order valence-electron chi connectivity index (χ2n) is 4.18. The summed E-state index contributed by atoms with van der Waals surface area (Å²) >= 11 is 0. The van der Waals surface area contributed by atoms with E-state index in [9.17, 15) is 18.3 Å². The molecule has 1 atom stereocenters. The number of rotatable bonds is 2. The molecule has 1 aliphatic rings. The topological polar surface area (TPSA) is 32.3 Å². The Morgan fingerprint density at radius 3 is 2.38 bits per heavy atom. The van der Waals surface area contributed by atoms with Crippen LogP contribution in [0.2, 0.25) is 0 Å². The van der Waals surface area contributed by atoms with E-state index in [1.165, 1.54) is 0 Å². The predicted octanol–water partition coefficient (Wildman–Crippen LogP) is 1.37. The van der Waals surface area contributed by atoms with Gasteiger partial charge in [-0.15, -0.1) is 0 Å². The Hall–Kier alpha value is -1.07. The number of aliphatic hydroxyl groups is 1. The van der Waals surface area contributed by atoms with Crippen molar-refractivity contribution in [3.05, 3.63) is 35.1 Å². The summed E-state index contributed by atoms with van der Waals surface area (Å²) in [4.78, 5) is 0. The fraction of sp³-hybridized carbons (Fsp3) is 0.455. The third-order valence-corrected chi connectivity index (χ3v) is 2.83. The Morgan fingerprint density at radius 1 is 1.25 bits per heavy atom. The van der Waals surface area contributed by atoms with Crippen LogP contribution in [-0.4, -0.2) is 23.8 Å². The molecule has 2 rings (SSSR count). The van der Waals surface area contributed by atoms with Crippen molar-refractivity contribution in [2.45, 2.75) is 18.4 Å². The first-order chi connectivity index (χ1) is 7.50. The van der Waals surface area contributed by atoms with E-state index in [1.807, 2.05) is 0 Å². The molecule has 1 heterocycles. The molecule has 2 nitrogen and oxygen atoms in total. The monoisotopic (exact) mass is 231 g/mol. The van der Waals surface area contributed by atoms with Crippen LogP contribution >= 0.6 is 0 Å². The van der Waals surface area contributed by atoms with Gasteiger partial charge in [-0.2, -0.15) is 0 Å². The first-order valence-electron chi connectivity index (χ1n) is 5.07. The van der Waals surface area contributed by atoms with Crippen LogP contribution in [0.1, 0.15) is 12.0 Å².